The Hall–Kier alpha value is -2.04. The summed E-state index contributed by atoms with van der Waals surface area (Å²) < 4.78 is 33.5. The molecule has 0 saturated heterocycles. The number of halogens is 2. The summed E-state index contributed by atoms with van der Waals surface area (Å²) in [4.78, 5) is 9.11. The molecule has 0 saturated carbocycles. The van der Waals surface area contributed by atoms with Crippen LogP contribution in [0, 0.1) is 0 Å². The molecule has 3 nitrogen and oxygen atoms in total. The van der Waals surface area contributed by atoms with Crippen LogP contribution in [-0.4, -0.2) is 28.9 Å². The standard InChI is InChI=1S/C33H52F2N2O/c1-3-5-7-8-9-10-11-12-13-14-16-28-26-36-33(37-27-28)29-20-22-32(23-21-29)38-25-24-31(35)19-15-18-30(34)17-6-4-2/h20-23,26-27,30-31H,3-19,24-25H2,1-2H3. The fraction of sp³-hybridized carbons (Fsp3) is 0.697. The molecule has 1 aromatic heterocycles. The van der Waals surface area contributed by atoms with Gasteiger partial charge >= 0.3 is 0 Å². The predicted molar refractivity (Wildman–Crippen MR) is 156 cm³/mol. The largest absolute Gasteiger partial charge is 0.493 e. The molecule has 5 heteroatoms. The van der Waals surface area contributed by atoms with Gasteiger partial charge in [-0.15, -0.1) is 0 Å². The first-order valence-corrected chi connectivity index (χ1v) is 15.4. The van der Waals surface area contributed by atoms with Crippen molar-refractivity contribution in [3.05, 3.63) is 42.2 Å². The predicted octanol–water partition coefficient (Wildman–Crippen LogP) is 10.4. The number of ether oxygens (including phenoxy) is 1. The van der Waals surface area contributed by atoms with Gasteiger partial charge in [-0.1, -0.05) is 84.5 Å². The van der Waals surface area contributed by atoms with E-state index in [4.69, 9.17) is 4.74 Å². The Morgan fingerprint density at radius 2 is 1.16 bits per heavy atom. The highest BCUT2D eigenvalue weighted by molar-refractivity contribution is 5.55. The Morgan fingerprint density at radius 3 is 1.76 bits per heavy atom. The number of nitrogens with zero attached hydrogens (tertiary/aromatic N) is 2. The summed E-state index contributed by atoms with van der Waals surface area (Å²) in [7, 11) is 0. The Balaban J connectivity index is 1.58. The van der Waals surface area contributed by atoms with Crippen LogP contribution in [0.3, 0.4) is 0 Å². The van der Waals surface area contributed by atoms with Gasteiger partial charge in [-0.3, -0.25) is 0 Å². The Bertz CT molecular complexity index is 813. The molecule has 2 atom stereocenters. The van der Waals surface area contributed by atoms with Crippen LogP contribution in [-0.2, 0) is 6.42 Å². The molecule has 0 amide bonds. The summed E-state index contributed by atoms with van der Waals surface area (Å²) in [6.07, 6.45) is 20.9. The monoisotopic (exact) mass is 530 g/mol. The van der Waals surface area contributed by atoms with Crippen molar-refractivity contribution in [3.8, 4) is 17.1 Å². The molecule has 0 spiro atoms. The first-order valence-electron chi connectivity index (χ1n) is 15.4. The van der Waals surface area contributed by atoms with Gasteiger partial charge in [0.2, 0.25) is 0 Å². The number of rotatable bonds is 23. The van der Waals surface area contributed by atoms with Gasteiger partial charge in [0.1, 0.15) is 18.1 Å². The van der Waals surface area contributed by atoms with E-state index in [-0.39, 0.29) is 0 Å². The minimum atomic E-state index is -0.945. The van der Waals surface area contributed by atoms with Gasteiger partial charge in [0, 0.05) is 24.4 Å². The van der Waals surface area contributed by atoms with E-state index in [0.717, 1.165) is 24.8 Å². The SMILES string of the molecule is CCCCCCCCCCCCc1cnc(-c2ccc(OCCC(F)CCCC(F)CCCC)cc2)nc1. The van der Waals surface area contributed by atoms with Crippen molar-refractivity contribution in [1.82, 2.24) is 9.97 Å². The highest BCUT2D eigenvalue weighted by atomic mass is 19.1. The van der Waals surface area contributed by atoms with Crippen LogP contribution in [0.4, 0.5) is 8.78 Å². The van der Waals surface area contributed by atoms with E-state index in [0.29, 0.717) is 50.3 Å². The van der Waals surface area contributed by atoms with Crippen LogP contribution in [0.5, 0.6) is 5.75 Å². The van der Waals surface area contributed by atoms with Gasteiger partial charge in [0.05, 0.1) is 6.61 Å². The highest BCUT2D eigenvalue weighted by Crippen LogP contribution is 2.21. The number of hydrogen-bond donors (Lipinski definition) is 0. The normalized spacial score (nSPS) is 12.9. The van der Waals surface area contributed by atoms with Crippen LogP contribution < -0.4 is 4.74 Å². The molecule has 0 bridgehead atoms. The summed E-state index contributed by atoms with van der Waals surface area (Å²) >= 11 is 0. The van der Waals surface area contributed by atoms with E-state index in [1.165, 1.54) is 69.8 Å². The minimum Gasteiger partial charge on any atom is -0.493 e. The van der Waals surface area contributed by atoms with Crippen molar-refractivity contribution < 1.29 is 13.5 Å². The van der Waals surface area contributed by atoms with Crippen LogP contribution in [0.1, 0.15) is 129 Å². The second-order valence-corrected chi connectivity index (χ2v) is 10.8. The van der Waals surface area contributed by atoms with E-state index in [1.807, 2.05) is 36.7 Å². The van der Waals surface area contributed by atoms with Gasteiger partial charge in [-0.25, -0.2) is 18.7 Å². The maximum Gasteiger partial charge on any atom is 0.159 e. The Labute approximate surface area is 231 Å². The second-order valence-electron chi connectivity index (χ2n) is 10.8. The van der Waals surface area contributed by atoms with Crippen LogP contribution in [0.25, 0.3) is 11.4 Å². The number of aryl methyl sites for hydroxylation is 1. The van der Waals surface area contributed by atoms with E-state index in [1.54, 1.807) is 0 Å². The molecule has 0 aliphatic carbocycles. The second kappa shape index (κ2) is 20.9. The van der Waals surface area contributed by atoms with Crippen LogP contribution >= 0.6 is 0 Å². The molecule has 0 aliphatic rings. The van der Waals surface area contributed by atoms with Crippen molar-refractivity contribution in [2.75, 3.05) is 6.61 Å². The van der Waals surface area contributed by atoms with Crippen molar-refractivity contribution in [3.63, 3.8) is 0 Å². The minimum absolute atomic E-state index is 0.319. The summed E-state index contributed by atoms with van der Waals surface area (Å²) in [5.74, 6) is 1.42. The Kier molecular flexibility index (Phi) is 17.7. The van der Waals surface area contributed by atoms with Crippen molar-refractivity contribution >= 4 is 0 Å². The van der Waals surface area contributed by atoms with Crippen molar-refractivity contribution in [2.45, 2.75) is 142 Å². The molecule has 0 radical (unpaired) electrons. The zero-order chi connectivity index (χ0) is 27.3. The quantitative estimate of drug-likeness (QED) is 0.134. The fourth-order valence-electron chi connectivity index (χ4n) is 4.73. The smallest absolute Gasteiger partial charge is 0.159 e. The molecule has 0 N–H and O–H groups in total. The molecular weight excluding hydrogens is 478 g/mol. The first kappa shape index (κ1) is 32.2. The van der Waals surface area contributed by atoms with Gasteiger partial charge in [0.15, 0.2) is 5.82 Å². The molecule has 2 rings (SSSR count). The third kappa shape index (κ3) is 14.8. The van der Waals surface area contributed by atoms with Crippen molar-refractivity contribution in [1.29, 1.82) is 0 Å². The topological polar surface area (TPSA) is 35.0 Å². The first-order chi connectivity index (χ1) is 18.6. The Morgan fingerprint density at radius 1 is 0.632 bits per heavy atom. The highest BCUT2D eigenvalue weighted by Gasteiger charge is 2.11. The van der Waals surface area contributed by atoms with E-state index in [9.17, 15) is 8.78 Å². The molecule has 0 fully saturated rings. The molecule has 2 unspecified atom stereocenters. The molecule has 214 valence electrons. The summed E-state index contributed by atoms with van der Waals surface area (Å²) in [6, 6.07) is 7.64. The molecular formula is C33H52F2N2O. The lowest BCUT2D eigenvalue weighted by Crippen LogP contribution is -2.09. The van der Waals surface area contributed by atoms with Crippen LogP contribution in [0.2, 0.25) is 0 Å². The lowest BCUT2D eigenvalue weighted by Gasteiger charge is -2.11. The zero-order valence-corrected chi connectivity index (χ0v) is 24.1. The maximum absolute atomic E-state index is 14.1. The van der Waals surface area contributed by atoms with Gasteiger partial charge in [0.25, 0.3) is 0 Å². The number of alkyl halides is 2. The van der Waals surface area contributed by atoms with E-state index < -0.39 is 12.3 Å². The summed E-state index contributed by atoms with van der Waals surface area (Å²) in [5, 5.41) is 0. The average molecular weight is 531 g/mol. The van der Waals surface area contributed by atoms with Gasteiger partial charge < -0.3 is 4.74 Å². The van der Waals surface area contributed by atoms with Gasteiger partial charge in [-0.2, -0.15) is 0 Å². The molecule has 1 aromatic carbocycles. The summed E-state index contributed by atoms with van der Waals surface area (Å²) in [5.41, 5.74) is 2.13. The summed E-state index contributed by atoms with van der Waals surface area (Å²) in [6.45, 7) is 4.64. The van der Waals surface area contributed by atoms with Gasteiger partial charge in [-0.05, 0) is 68.4 Å². The third-order valence-electron chi connectivity index (χ3n) is 7.24. The lowest BCUT2D eigenvalue weighted by molar-refractivity contribution is 0.213. The zero-order valence-electron chi connectivity index (χ0n) is 24.1. The van der Waals surface area contributed by atoms with Crippen LogP contribution in [0.15, 0.2) is 36.7 Å². The molecule has 38 heavy (non-hydrogen) atoms. The van der Waals surface area contributed by atoms with E-state index in [2.05, 4.69) is 23.8 Å². The number of hydrogen-bond acceptors (Lipinski definition) is 3. The molecule has 2 aromatic rings. The number of aromatic nitrogens is 2. The molecule has 1 heterocycles. The third-order valence-corrected chi connectivity index (χ3v) is 7.24. The number of benzene rings is 1. The lowest BCUT2D eigenvalue weighted by atomic mass is 10.0. The maximum atomic E-state index is 14.1. The average Bonchev–Trinajstić information content (AvgIpc) is 2.93. The van der Waals surface area contributed by atoms with Crippen molar-refractivity contribution in [2.24, 2.45) is 0 Å². The van der Waals surface area contributed by atoms with E-state index >= 15 is 0 Å². The fourth-order valence-corrected chi connectivity index (χ4v) is 4.73. The molecule has 0 aliphatic heterocycles. The number of unbranched alkanes of at least 4 members (excludes halogenated alkanes) is 10.